The molecule has 0 fully saturated rings. The Kier molecular flexibility index (Phi) is 4.79. The zero-order chi connectivity index (χ0) is 16.9. The molecular weight excluding hydrogens is 306 g/mol. The lowest BCUT2D eigenvalue weighted by atomic mass is 10.1. The fourth-order valence-electron chi connectivity index (χ4n) is 2.54. The van der Waals surface area contributed by atoms with Crippen molar-refractivity contribution in [3.63, 3.8) is 0 Å². The number of hydrogen-bond acceptors (Lipinski definition) is 4. The van der Waals surface area contributed by atoms with Crippen molar-refractivity contribution in [2.75, 3.05) is 11.9 Å². The number of anilines is 1. The zero-order valence-electron chi connectivity index (χ0n) is 13.5. The summed E-state index contributed by atoms with van der Waals surface area (Å²) in [5.41, 5.74) is 2.21. The van der Waals surface area contributed by atoms with E-state index in [0.717, 1.165) is 34.8 Å². The van der Waals surface area contributed by atoms with Crippen LogP contribution in [0.15, 0.2) is 46.9 Å². The van der Waals surface area contributed by atoms with Crippen molar-refractivity contribution in [3.05, 3.63) is 42.5 Å². The van der Waals surface area contributed by atoms with E-state index in [2.05, 4.69) is 5.32 Å². The third-order valence-electron chi connectivity index (χ3n) is 3.76. The van der Waals surface area contributed by atoms with Crippen LogP contribution in [-0.2, 0) is 14.3 Å². The summed E-state index contributed by atoms with van der Waals surface area (Å²) in [7, 11) is 0. The van der Waals surface area contributed by atoms with E-state index in [1.807, 2.05) is 43.3 Å². The number of hydrogen-bond donors (Lipinski definition) is 1. The van der Waals surface area contributed by atoms with E-state index in [4.69, 9.17) is 9.15 Å². The molecule has 0 radical (unpaired) electrons. The number of para-hydroxylation sites is 1. The summed E-state index contributed by atoms with van der Waals surface area (Å²) >= 11 is 0. The summed E-state index contributed by atoms with van der Waals surface area (Å²) in [6.45, 7) is 1.72. The lowest BCUT2D eigenvalue weighted by Crippen LogP contribution is -2.20. The normalized spacial score (nSPS) is 10.9. The van der Waals surface area contributed by atoms with E-state index in [-0.39, 0.29) is 18.5 Å². The molecule has 1 amide bonds. The Labute approximate surface area is 139 Å². The standard InChI is InChI=1S/C19H19NO4/c1-2-3-8-19(22)23-12-18(21)20-13-9-10-17-15(11-13)14-6-4-5-7-16(14)24-17/h4-7,9-11H,2-3,8,12H2,1H3,(H,20,21). The van der Waals surface area contributed by atoms with E-state index in [0.29, 0.717) is 12.1 Å². The van der Waals surface area contributed by atoms with Gasteiger partial charge in [-0.3, -0.25) is 9.59 Å². The Morgan fingerprint density at radius 3 is 2.71 bits per heavy atom. The maximum atomic E-state index is 11.9. The number of amides is 1. The van der Waals surface area contributed by atoms with Crippen molar-refractivity contribution in [2.24, 2.45) is 0 Å². The largest absolute Gasteiger partial charge is 0.456 e. The minimum Gasteiger partial charge on any atom is -0.456 e. The highest BCUT2D eigenvalue weighted by Crippen LogP contribution is 2.30. The number of carbonyl (C=O) groups excluding carboxylic acids is 2. The molecule has 0 aliphatic rings. The third kappa shape index (κ3) is 3.56. The molecule has 1 N–H and O–H groups in total. The van der Waals surface area contributed by atoms with Gasteiger partial charge in [-0.25, -0.2) is 0 Å². The van der Waals surface area contributed by atoms with Gasteiger partial charge in [0, 0.05) is 22.9 Å². The molecular formula is C19H19NO4. The lowest BCUT2D eigenvalue weighted by molar-refractivity contribution is -0.147. The van der Waals surface area contributed by atoms with Crippen LogP contribution in [0.4, 0.5) is 5.69 Å². The smallest absolute Gasteiger partial charge is 0.306 e. The second-order valence-electron chi connectivity index (χ2n) is 5.62. The summed E-state index contributed by atoms with van der Waals surface area (Å²) in [5.74, 6) is -0.699. The van der Waals surface area contributed by atoms with Crippen molar-refractivity contribution in [3.8, 4) is 0 Å². The van der Waals surface area contributed by atoms with E-state index in [1.165, 1.54) is 0 Å². The Balaban J connectivity index is 1.67. The first-order valence-electron chi connectivity index (χ1n) is 8.04. The molecule has 5 nitrogen and oxygen atoms in total. The van der Waals surface area contributed by atoms with Gasteiger partial charge in [-0.15, -0.1) is 0 Å². The zero-order valence-corrected chi connectivity index (χ0v) is 13.5. The summed E-state index contributed by atoms with van der Waals surface area (Å²) in [5, 5.41) is 4.67. The minimum atomic E-state index is -0.355. The van der Waals surface area contributed by atoms with Crippen LogP contribution in [0.2, 0.25) is 0 Å². The number of rotatable bonds is 6. The molecule has 0 atom stereocenters. The lowest BCUT2D eigenvalue weighted by Gasteiger charge is -2.06. The van der Waals surface area contributed by atoms with Crippen LogP contribution in [0, 0.1) is 0 Å². The van der Waals surface area contributed by atoms with E-state index in [9.17, 15) is 9.59 Å². The van der Waals surface area contributed by atoms with Crippen LogP contribution < -0.4 is 5.32 Å². The summed E-state index contributed by atoms with van der Waals surface area (Å²) in [4.78, 5) is 23.3. The number of ether oxygens (including phenoxy) is 1. The SMILES string of the molecule is CCCCC(=O)OCC(=O)Nc1ccc2oc3ccccc3c2c1. The average molecular weight is 325 g/mol. The molecule has 0 saturated heterocycles. The van der Waals surface area contributed by atoms with Crippen molar-refractivity contribution < 1.29 is 18.7 Å². The van der Waals surface area contributed by atoms with Crippen LogP contribution in [-0.4, -0.2) is 18.5 Å². The predicted octanol–water partition coefficient (Wildman–Crippen LogP) is 4.26. The Hall–Kier alpha value is -2.82. The molecule has 0 spiro atoms. The maximum Gasteiger partial charge on any atom is 0.306 e. The van der Waals surface area contributed by atoms with Gasteiger partial charge >= 0.3 is 5.97 Å². The monoisotopic (exact) mass is 325 g/mol. The molecule has 0 unspecified atom stereocenters. The fraction of sp³-hybridized carbons (Fsp3) is 0.263. The van der Waals surface area contributed by atoms with E-state index in [1.54, 1.807) is 6.07 Å². The molecule has 0 bridgehead atoms. The van der Waals surface area contributed by atoms with Crippen LogP contribution >= 0.6 is 0 Å². The first kappa shape index (κ1) is 16.1. The topological polar surface area (TPSA) is 68.5 Å². The first-order chi connectivity index (χ1) is 11.7. The molecule has 1 aromatic heterocycles. The van der Waals surface area contributed by atoms with Crippen LogP contribution in [0.25, 0.3) is 21.9 Å². The van der Waals surface area contributed by atoms with Gasteiger partial charge in [-0.1, -0.05) is 31.5 Å². The average Bonchev–Trinajstić information content (AvgIpc) is 2.96. The molecule has 124 valence electrons. The van der Waals surface area contributed by atoms with Gasteiger partial charge in [-0.2, -0.15) is 0 Å². The second-order valence-corrected chi connectivity index (χ2v) is 5.62. The van der Waals surface area contributed by atoms with Gasteiger partial charge < -0.3 is 14.5 Å². The highest BCUT2D eigenvalue weighted by Gasteiger charge is 2.10. The number of carbonyl (C=O) groups is 2. The van der Waals surface area contributed by atoms with Gasteiger partial charge in [0.05, 0.1) is 0 Å². The quantitative estimate of drug-likeness (QED) is 0.688. The Morgan fingerprint density at radius 2 is 1.88 bits per heavy atom. The molecule has 5 heteroatoms. The van der Waals surface area contributed by atoms with Crippen LogP contribution in [0.3, 0.4) is 0 Å². The second kappa shape index (κ2) is 7.17. The van der Waals surface area contributed by atoms with Gasteiger partial charge in [-0.05, 0) is 30.7 Å². The molecule has 0 aliphatic heterocycles. The van der Waals surface area contributed by atoms with E-state index < -0.39 is 0 Å². The highest BCUT2D eigenvalue weighted by molar-refractivity contribution is 6.07. The third-order valence-corrected chi connectivity index (χ3v) is 3.76. The number of fused-ring (bicyclic) bond motifs is 3. The number of nitrogens with one attached hydrogen (secondary N) is 1. The van der Waals surface area contributed by atoms with Crippen LogP contribution in [0.1, 0.15) is 26.2 Å². The first-order valence-corrected chi connectivity index (χ1v) is 8.04. The summed E-state index contributed by atoms with van der Waals surface area (Å²) in [6.07, 6.45) is 2.03. The number of benzene rings is 2. The summed E-state index contributed by atoms with van der Waals surface area (Å²) in [6, 6.07) is 13.2. The predicted molar refractivity (Wildman–Crippen MR) is 92.8 cm³/mol. The molecule has 24 heavy (non-hydrogen) atoms. The molecule has 0 aliphatic carbocycles. The van der Waals surface area contributed by atoms with Crippen molar-refractivity contribution in [1.29, 1.82) is 0 Å². The van der Waals surface area contributed by atoms with Crippen molar-refractivity contribution >= 4 is 39.5 Å². The van der Waals surface area contributed by atoms with Gasteiger partial charge in [0.1, 0.15) is 11.2 Å². The molecule has 2 aromatic carbocycles. The van der Waals surface area contributed by atoms with Crippen molar-refractivity contribution in [1.82, 2.24) is 0 Å². The molecule has 0 saturated carbocycles. The fourth-order valence-corrected chi connectivity index (χ4v) is 2.54. The highest BCUT2D eigenvalue weighted by atomic mass is 16.5. The van der Waals surface area contributed by atoms with Gasteiger partial charge in [0.25, 0.3) is 5.91 Å². The molecule has 3 rings (SSSR count). The van der Waals surface area contributed by atoms with Crippen LogP contribution in [0.5, 0.6) is 0 Å². The molecule has 1 heterocycles. The number of furan rings is 1. The van der Waals surface area contributed by atoms with Crippen molar-refractivity contribution in [2.45, 2.75) is 26.2 Å². The minimum absolute atomic E-state index is 0.271. The van der Waals surface area contributed by atoms with E-state index >= 15 is 0 Å². The number of unbranched alkanes of at least 4 members (excludes halogenated alkanes) is 1. The Morgan fingerprint density at radius 1 is 1.08 bits per heavy atom. The molecule has 3 aromatic rings. The van der Waals surface area contributed by atoms with Gasteiger partial charge in [0.15, 0.2) is 6.61 Å². The number of esters is 1. The Bertz CT molecular complexity index is 881. The van der Waals surface area contributed by atoms with Gasteiger partial charge in [0.2, 0.25) is 0 Å². The maximum absolute atomic E-state index is 11.9. The summed E-state index contributed by atoms with van der Waals surface area (Å²) < 4.78 is 10.7.